The van der Waals surface area contributed by atoms with E-state index in [1.54, 1.807) is 12.1 Å². The first kappa shape index (κ1) is 10.9. The predicted molar refractivity (Wildman–Crippen MR) is 56.1 cm³/mol. The summed E-state index contributed by atoms with van der Waals surface area (Å²) in [6.07, 6.45) is -0.795. The SMILES string of the molecule is COc1c([C@@H](O)CN)ccc2c1COC2=O. The standard InChI is InChI=1S/C11H13NO4/c1-15-10-7(9(13)4-12)3-2-6-8(10)5-16-11(6)14/h2-3,9,13H,4-5,12H2,1H3/t9-/m0/s1. The van der Waals surface area contributed by atoms with Gasteiger partial charge in [-0.2, -0.15) is 0 Å². The second-order valence-electron chi connectivity index (χ2n) is 3.54. The van der Waals surface area contributed by atoms with E-state index >= 15 is 0 Å². The number of benzene rings is 1. The smallest absolute Gasteiger partial charge is 0.339 e. The van der Waals surface area contributed by atoms with Gasteiger partial charge in [-0.05, 0) is 6.07 Å². The second-order valence-corrected chi connectivity index (χ2v) is 3.54. The maximum atomic E-state index is 11.3. The number of esters is 1. The van der Waals surface area contributed by atoms with E-state index in [0.717, 1.165) is 0 Å². The number of methoxy groups -OCH3 is 1. The molecule has 0 bridgehead atoms. The first-order valence-corrected chi connectivity index (χ1v) is 4.94. The van der Waals surface area contributed by atoms with Crippen LogP contribution < -0.4 is 10.5 Å². The molecule has 1 aliphatic heterocycles. The number of ether oxygens (including phenoxy) is 2. The molecule has 2 rings (SSSR count). The van der Waals surface area contributed by atoms with Crippen LogP contribution in [0.25, 0.3) is 0 Å². The average molecular weight is 223 g/mol. The van der Waals surface area contributed by atoms with Gasteiger partial charge in [0.05, 0.1) is 18.8 Å². The summed E-state index contributed by atoms with van der Waals surface area (Å²) < 4.78 is 10.1. The molecule has 1 aromatic rings. The number of cyclic esters (lactones) is 1. The van der Waals surface area contributed by atoms with Crippen LogP contribution in [0, 0.1) is 0 Å². The highest BCUT2D eigenvalue weighted by Crippen LogP contribution is 2.35. The molecule has 16 heavy (non-hydrogen) atoms. The van der Waals surface area contributed by atoms with Crippen LogP contribution in [0.2, 0.25) is 0 Å². The largest absolute Gasteiger partial charge is 0.496 e. The fourth-order valence-electron chi connectivity index (χ4n) is 1.83. The Kier molecular flexibility index (Phi) is 2.80. The van der Waals surface area contributed by atoms with Gasteiger partial charge in [0, 0.05) is 17.7 Å². The number of nitrogens with two attached hydrogens (primary N) is 1. The number of rotatable bonds is 3. The molecule has 1 aromatic carbocycles. The Morgan fingerprint density at radius 1 is 1.62 bits per heavy atom. The second kappa shape index (κ2) is 4.11. The normalized spacial score (nSPS) is 15.6. The average Bonchev–Trinajstić information content (AvgIpc) is 2.69. The highest BCUT2D eigenvalue weighted by molar-refractivity contribution is 5.94. The number of aliphatic hydroxyl groups excluding tert-OH is 1. The quantitative estimate of drug-likeness (QED) is 0.723. The topological polar surface area (TPSA) is 81.8 Å². The molecule has 5 nitrogen and oxygen atoms in total. The van der Waals surface area contributed by atoms with Gasteiger partial charge in [-0.1, -0.05) is 6.07 Å². The molecule has 1 aliphatic rings. The number of carbonyl (C=O) groups excluding carboxylic acids is 1. The van der Waals surface area contributed by atoms with E-state index in [0.29, 0.717) is 22.4 Å². The maximum absolute atomic E-state index is 11.3. The number of hydrogen-bond acceptors (Lipinski definition) is 5. The van der Waals surface area contributed by atoms with Crippen molar-refractivity contribution in [2.75, 3.05) is 13.7 Å². The van der Waals surface area contributed by atoms with E-state index < -0.39 is 6.10 Å². The van der Waals surface area contributed by atoms with Gasteiger partial charge < -0.3 is 20.3 Å². The lowest BCUT2D eigenvalue weighted by Crippen LogP contribution is -2.13. The van der Waals surface area contributed by atoms with Crippen LogP contribution in [0.5, 0.6) is 5.75 Å². The molecule has 0 saturated heterocycles. The molecule has 5 heteroatoms. The van der Waals surface area contributed by atoms with E-state index in [1.807, 2.05) is 0 Å². The summed E-state index contributed by atoms with van der Waals surface area (Å²) >= 11 is 0. The van der Waals surface area contributed by atoms with Gasteiger partial charge in [0.15, 0.2) is 0 Å². The first-order valence-electron chi connectivity index (χ1n) is 4.94. The number of hydrogen-bond donors (Lipinski definition) is 2. The Labute approximate surface area is 92.8 Å². The third-order valence-corrected chi connectivity index (χ3v) is 2.64. The van der Waals surface area contributed by atoms with Crippen molar-refractivity contribution in [3.8, 4) is 5.75 Å². The summed E-state index contributed by atoms with van der Waals surface area (Å²) in [7, 11) is 1.49. The van der Waals surface area contributed by atoms with Crippen LogP contribution in [-0.4, -0.2) is 24.7 Å². The third-order valence-electron chi connectivity index (χ3n) is 2.64. The van der Waals surface area contributed by atoms with E-state index in [1.165, 1.54) is 7.11 Å². The van der Waals surface area contributed by atoms with Crippen LogP contribution in [0.15, 0.2) is 12.1 Å². The summed E-state index contributed by atoms with van der Waals surface area (Å²) in [5.41, 5.74) is 7.15. The molecule has 0 radical (unpaired) electrons. The fraction of sp³-hybridized carbons (Fsp3) is 0.364. The van der Waals surface area contributed by atoms with Crippen molar-refractivity contribution in [3.05, 3.63) is 28.8 Å². The van der Waals surface area contributed by atoms with E-state index in [4.69, 9.17) is 15.2 Å². The van der Waals surface area contributed by atoms with Gasteiger partial charge in [-0.25, -0.2) is 4.79 Å². The van der Waals surface area contributed by atoms with E-state index in [9.17, 15) is 9.90 Å². The lowest BCUT2D eigenvalue weighted by atomic mass is 10.0. The summed E-state index contributed by atoms with van der Waals surface area (Å²) in [5, 5.41) is 9.71. The Hall–Kier alpha value is -1.59. The Morgan fingerprint density at radius 2 is 2.38 bits per heavy atom. The van der Waals surface area contributed by atoms with E-state index in [-0.39, 0.29) is 19.1 Å². The lowest BCUT2D eigenvalue weighted by Gasteiger charge is -2.15. The molecule has 0 amide bonds. The Morgan fingerprint density at radius 3 is 3.00 bits per heavy atom. The summed E-state index contributed by atoms with van der Waals surface area (Å²) in [6, 6.07) is 3.27. The molecule has 1 atom stereocenters. The minimum Gasteiger partial charge on any atom is -0.496 e. The van der Waals surface area contributed by atoms with Crippen molar-refractivity contribution in [2.45, 2.75) is 12.7 Å². The zero-order valence-electron chi connectivity index (χ0n) is 8.90. The van der Waals surface area contributed by atoms with Crippen LogP contribution in [0.1, 0.15) is 27.6 Å². The van der Waals surface area contributed by atoms with Crippen molar-refractivity contribution in [1.82, 2.24) is 0 Å². The van der Waals surface area contributed by atoms with Crippen molar-refractivity contribution < 1.29 is 19.4 Å². The monoisotopic (exact) mass is 223 g/mol. The zero-order valence-corrected chi connectivity index (χ0v) is 8.90. The Bertz CT molecular complexity index is 430. The van der Waals surface area contributed by atoms with Gasteiger partial charge >= 0.3 is 5.97 Å². The van der Waals surface area contributed by atoms with Crippen LogP contribution >= 0.6 is 0 Å². The molecule has 0 saturated carbocycles. The molecule has 0 unspecified atom stereocenters. The van der Waals surface area contributed by atoms with Crippen LogP contribution in [0.3, 0.4) is 0 Å². The predicted octanol–water partition coefficient (Wildman–Crippen LogP) is 0.358. The molecular weight excluding hydrogens is 210 g/mol. The van der Waals surface area contributed by atoms with Crippen molar-refractivity contribution in [2.24, 2.45) is 5.73 Å². The molecule has 3 N–H and O–H groups in total. The molecular formula is C11H13NO4. The van der Waals surface area contributed by atoms with Crippen molar-refractivity contribution >= 4 is 5.97 Å². The summed E-state index contributed by atoms with van der Waals surface area (Å²) in [4.78, 5) is 11.3. The van der Waals surface area contributed by atoms with Gasteiger partial charge in [0.25, 0.3) is 0 Å². The molecule has 0 aromatic heterocycles. The summed E-state index contributed by atoms with van der Waals surface area (Å²) in [5.74, 6) is 0.128. The van der Waals surface area contributed by atoms with Gasteiger partial charge in [-0.15, -0.1) is 0 Å². The first-order chi connectivity index (χ1) is 7.69. The number of carbonyl (C=O) groups is 1. The molecule has 1 heterocycles. The van der Waals surface area contributed by atoms with Gasteiger partial charge in [-0.3, -0.25) is 0 Å². The summed E-state index contributed by atoms with van der Waals surface area (Å²) in [6.45, 7) is 0.284. The highest BCUT2D eigenvalue weighted by atomic mass is 16.5. The van der Waals surface area contributed by atoms with Gasteiger partial charge in [0.2, 0.25) is 0 Å². The van der Waals surface area contributed by atoms with Gasteiger partial charge in [0.1, 0.15) is 12.4 Å². The van der Waals surface area contributed by atoms with Crippen molar-refractivity contribution in [1.29, 1.82) is 0 Å². The fourth-order valence-corrected chi connectivity index (χ4v) is 1.83. The number of fused-ring (bicyclic) bond motifs is 1. The van der Waals surface area contributed by atoms with E-state index in [2.05, 4.69) is 0 Å². The molecule has 86 valence electrons. The molecule has 0 fully saturated rings. The molecule has 0 aliphatic carbocycles. The molecule has 0 spiro atoms. The minimum absolute atomic E-state index is 0.101. The van der Waals surface area contributed by atoms with Crippen LogP contribution in [0.4, 0.5) is 0 Å². The maximum Gasteiger partial charge on any atom is 0.339 e. The number of aliphatic hydroxyl groups is 1. The third kappa shape index (κ3) is 1.54. The van der Waals surface area contributed by atoms with Crippen molar-refractivity contribution in [3.63, 3.8) is 0 Å². The Balaban J connectivity index is 2.54. The minimum atomic E-state index is -0.795. The van der Waals surface area contributed by atoms with Crippen LogP contribution in [-0.2, 0) is 11.3 Å². The highest BCUT2D eigenvalue weighted by Gasteiger charge is 2.27. The zero-order chi connectivity index (χ0) is 11.7. The lowest BCUT2D eigenvalue weighted by molar-refractivity contribution is 0.0534.